The van der Waals surface area contributed by atoms with E-state index in [1.54, 1.807) is 24.3 Å². The Hall–Kier alpha value is -2.42. The Balaban J connectivity index is 1.45. The topological polar surface area (TPSA) is 26.3 Å². The van der Waals surface area contributed by atoms with Gasteiger partial charge in [-0.05, 0) is 60.1 Å². The van der Waals surface area contributed by atoms with E-state index in [0.717, 1.165) is 24.0 Å². The Morgan fingerprint density at radius 1 is 0.913 bits per heavy atom. The van der Waals surface area contributed by atoms with Gasteiger partial charge in [0.15, 0.2) is 0 Å². The largest absolute Gasteiger partial charge is 0.426 e. The van der Waals surface area contributed by atoms with Crippen LogP contribution in [-0.2, 0) is 4.79 Å². The number of fused-ring (bicyclic) bond motifs is 2. The lowest BCUT2D eigenvalue weighted by Crippen LogP contribution is -2.23. The predicted octanol–water partition coefficient (Wildman–Crippen LogP) is 4.61. The first-order valence-corrected chi connectivity index (χ1v) is 7.95. The minimum absolute atomic E-state index is 0.00164. The maximum atomic E-state index is 13.0. The van der Waals surface area contributed by atoms with Crippen molar-refractivity contribution in [3.63, 3.8) is 0 Å². The van der Waals surface area contributed by atoms with E-state index in [1.165, 1.54) is 12.1 Å². The van der Waals surface area contributed by atoms with Crippen molar-refractivity contribution >= 4 is 5.97 Å². The number of allylic oxidation sites excluding steroid dienone is 2. The Morgan fingerprint density at radius 3 is 2.13 bits per heavy atom. The lowest BCUT2D eigenvalue weighted by atomic mass is 9.94. The lowest BCUT2D eigenvalue weighted by molar-refractivity contribution is -0.139. The molecule has 2 aliphatic carbocycles. The number of rotatable bonds is 3. The smallest absolute Gasteiger partial charge is 0.314 e. The van der Waals surface area contributed by atoms with Crippen LogP contribution in [0.5, 0.6) is 5.75 Å². The normalized spacial score (nSPS) is 24.8. The summed E-state index contributed by atoms with van der Waals surface area (Å²) < 4.78 is 18.5. The molecule has 0 heterocycles. The summed E-state index contributed by atoms with van der Waals surface area (Å²) >= 11 is 0. The van der Waals surface area contributed by atoms with Gasteiger partial charge >= 0.3 is 5.97 Å². The first-order valence-electron chi connectivity index (χ1n) is 7.95. The van der Waals surface area contributed by atoms with E-state index >= 15 is 0 Å². The van der Waals surface area contributed by atoms with Crippen LogP contribution in [0, 0.1) is 23.6 Å². The van der Waals surface area contributed by atoms with E-state index in [4.69, 9.17) is 4.74 Å². The van der Waals surface area contributed by atoms with Crippen molar-refractivity contribution in [1.29, 1.82) is 0 Å². The summed E-state index contributed by atoms with van der Waals surface area (Å²) in [6.07, 6.45) is 6.36. The van der Waals surface area contributed by atoms with E-state index in [9.17, 15) is 9.18 Å². The molecule has 0 aliphatic heterocycles. The highest BCUT2D eigenvalue weighted by atomic mass is 19.1. The molecule has 3 unspecified atom stereocenters. The Morgan fingerprint density at radius 2 is 1.57 bits per heavy atom. The van der Waals surface area contributed by atoms with Crippen LogP contribution in [0.2, 0.25) is 0 Å². The quantitative estimate of drug-likeness (QED) is 0.470. The average molecular weight is 308 g/mol. The van der Waals surface area contributed by atoms with Crippen molar-refractivity contribution in [2.45, 2.75) is 12.8 Å². The van der Waals surface area contributed by atoms with Crippen LogP contribution in [-0.4, -0.2) is 5.97 Å². The number of carbonyl (C=O) groups excluding carboxylic acids is 1. The maximum absolute atomic E-state index is 13.0. The van der Waals surface area contributed by atoms with Gasteiger partial charge in [0.1, 0.15) is 11.6 Å². The zero-order chi connectivity index (χ0) is 15.8. The van der Waals surface area contributed by atoms with Gasteiger partial charge in [0.05, 0.1) is 5.92 Å². The number of halogens is 1. The number of esters is 1. The molecular weight excluding hydrogens is 291 g/mol. The molecule has 2 aliphatic rings. The molecule has 1 fully saturated rings. The summed E-state index contributed by atoms with van der Waals surface area (Å²) in [6.45, 7) is 0. The fourth-order valence-electron chi connectivity index (χ4n) is 3.60. The summed E-state index contributed by atoms with van der Waals surface area (Å²) in [7, 11) is 0. The molecular formula is C20H17FO2. The third kappa shape index (κ3) is 2.79. The van der Waals surface area contributed by atoms with E-state index < -0.39 is 0 Å². The molecule has 4 rings (SSSR count). The molecule has 2 aromatic carbocycles. The molecule has 1 saturated carbocycles. The molecule has 0 radical (unpaired) electrons. The molecule has 0 N–H and O–H groups in total. The van der Waals surface area contributed by atoms with Gasteiger partial charge in [-0.25, -0.2) is 4.39 Å². The minimum Gasteiger partial charge on any atom is -0.426 e. The van der Waals surface area contributed by atoms with E-state index in [0.29, 0.717) is 17.6 Å². The number of benzene rings is 2. The fourth-order valence-corrected chi connectivity index (χ4v) is 3.60. The number of ether oxygens (including phenoxy) is 1. The summed E-state index contributed by atoms with van der Waals surface area (Å²) in [5.74, 6) is 1.09. The van der Waals surface area contributed by atoms with Gasteiger partial charge in [-0.1, -0.05) is 36.4 Å². The lowest BCUT2D eigenvalue weighted by Gasteiger charge is -2.16. The average Bonchev–Trinajstić information content (AvgIpc) is 3.19. The van der Waals surface area contributed by atoms with Crippen LogP contribution in [0.1, 0.15) is 12.8 Å². The zero-order valence-corrected chi connectivity index (χ0v) is 12.6. The highest BCUT2D eigenvalue weighted by molar-refractivity contribution is 5.77. The van der Waals surface area contributed by atoms with Crippen LogP contribution in [0.25, 0.3) is 11.1 Å². The van der Waals surface area contributed by atoms with Crippen LogP contribution in [0.3, 0.4) is 0 Å². The van der Waals surface area contributed by atoms with Crippen molar-refractivity contribution in [2.75, 3.05) is 0 Å². The fraction of sp³-hybridized carbons (Fsp3) is 0.250. The molecule has 0 saturated heterocycles. The molecule has 0 spiro atoms. The molecule has 3 heteroatoms. The number of carbonyl (C=O) groups is 1. The Bertz CT molecular complexity index is 746. The van der Waals surface area contributed by atoms with Crippen molar-refractivity contribution < 1.29 is 13.9 Å². The second kappa shape index (κ2) is 5.65. The maximum Gasteiger partial charge on any atom is 0.314 e. The van der Waals surface area contributed by atoms with E-state index in [2.05, 4.69) is 12.2 Å². The van der Waals surface area contributed by atoms with E-state index in [-0.39, 0.29) is 17.7 Å². The van der Waals surface area contributed by atoms with Crippen LogP contribution >= 0.6 is 0 Å². The predicted molar refractivity (Wildman–Crippen MR) is 86.3 cm³/mol. The molecule has 3 atom stereocenters. The first-order chi connectivity index (χ1) is 11.2. The van der Waals surface area contributed by atoms with Crippen molar-refractivity contribution in [1.82, 2.24) is 0 Å². The van der Waals surface area contributed by atoms with E-state index in [1.807, 2.05) is 12.1 Å². The summed E-state index contributed by atoms with van der Waals surface area (Å²) in [5.41, 5.74) is 1.90. The zero-order valence-electron chi connectivity index (χ0n) is 12.6. The highest BCUT2D eigenvalue weighted by Gasteiger charge is 2.40. The van der Waals surface area contributed by atoms with Gasteiger partial charge in [-0.3, -0.25) is 4.79 Å². The Kier molecular flexibility index (Phi) is 3.49. The monoisotopic (exact) mass is 308 g/mol. The van der Waals surface area contributed by atoms with Crippen LogP contribution in [0.15, 0.2) is 60.7 Å². The standard InChI is InChI=1S/C20H17FO2/c21-17-7-3-14(4-8-17)15-5-9-18(10-6-15)23-20(22)19-12-13-1-2-16(19)11-13/h1-10,13,16,19H,11-12H2. The highest BCUT2D eigenvalue weighted by Crippen LogP contribution is 2.44. The van der Waals surface area contributed by atoms with Gasteiger partial charge in [-0.2, -0.15) is 0 Å². The number of hydrogen-bond acceptors (Lipinski definition) is 2. The second-order valence-corrected chi connectivity index (χ2v) is 6.34. The van der Waals surface area contributed by atoms with Gasteiger partial charge in [0.2, 0.25) is 0 Å². The third-order valence-electron chi connectivity index (χ3n) is 4.83. The third-order valence-corrected chi connectivity index (χ3v) is 4.83. The summed E-state index contributed by atoms with van der Waals surface area (Å²) in [4.78, 5) is 12.3. The van der Waals surface area contributed by atoms with Gasteiger partial charge in [0, 0.05) is 0 Å². The molecule has 2 bridgehead atoms. The minimum atomic E-state index is -0.251. The first kappa shape index (κ1) is 14.2. The summed E-state index contributed by atoms with van der Waals surface area (Å²) in [5, 5.41) is 0. The molecule has 23 heavy (non-hydrogen) atoms. The summed E-state index contributed by atoms with van der Waals surface area (Å²) in [6, 6.07) is 13.7. The molecule has 116 valence electrons. The molecule has 2 aromatic rings. The second-order valence-electron chi connectivity index (χ2n) is 6.34. The number of hydrogen-bond donors (Lipinski definition) is 0. The van der Waals surface area contributed by atoms with Crippen LogP contribution in [0.4, 0.5) is 4.39 Å². The van der Waals surface area contributed by atoms with Crippen molar-refractivity contribution in [3.8, 4) is 16.9 Å². The van der Waals surface area contributed by atoms with Crippen LogP contribution < -0.4 is 4.74 Å². The molecule has 0 amide bonds. The van der Waals surface area contributed by atoms with Gasteiger partial charge < -0.3 is 4.74 Å². The molecule has 2 nitrogen and oxygen atoms in total. The molecule has 0 aromatic heterocycles. The van der Waals surface area contributed by atoms with Crippen molar-refractivity contribution in [2.24, 2.45) is 17.8 Å². The van der Waals surface area contributed by atoms with Gasteiger partial charge in [0.25, 0.3) is 0 Å². The van der Waals surface area contributed by atoms with Gasteiger partial charge in [-0.15, -0.1) is 0 Å². The Labute approximate surface area is 134 Å². The van der Waals surface area contributed by atoms with Crippen molar-refractivity contribution in [3.05, 3.63) is 66.5 Å². The SMILES string of the molecule is O=C(Oc1ccc(-c2ccc(F)cc2)cc1)C1CC2C=CC1C2.